The van der Waals surface area contributed by atoms with Gasteiger partial charge in [-0.2, -0.15) is 0 Å². The molecule has 3 heterocycles. The van der Waals surface area contributed by atoms with Crippen LogP contribution in [0.5, 0.6) is 17.2 Å². The van der Waals surface area contributed by atoms with E-state index in [1.165, 1.54) is 36.4 Å². The van der Waals surface area contributed by atoms with Crippen molar-refractivity contribution in [1.82, 2.24) is 31.9 Å². The van der Waals surface area contributed by atoms with E-state index in [4.69, 9.17) is 90.0 Å². The van der Waals surface area contributed by atoms with Gasteiger partial charge in [0.25, 0.3) is 17.7 Å². The molecule has 3 aliphatic heterocycles. The number of carbonyl (C=O) groups is 16. The van der Waals surface area contributed by atoms with E-state index in [0.717, 1.165) is 62.3 Å². The number of hydrogen-bond acceptors (Lipinski definition) is 35. The van der Waals surface area contributed by atoms with Crippen LogP contribution in [-0.2, 0) is 154 Å². The molecule has 0 aromatic heterocycles. The van der Waals surface area contributed by atoms with Crippen LogP contribution in [0.2, 0.25) is 0 Å². The average molecular weight is 1710 g/mol. The zero-order valence-corrected chi connectivity index (χ0v) is 69.2. The minimum Gasteiger partial charge on any atom is -0.484 e. The fraction of sp³-hybridized carbons (Fsp3) is 0.575. The Labute approximate surface area is 696 Å². The quantitative estimate of drug-likeness (QED) is 0.0265. The highest BCUT2D eigenvalue weighted by Crippen LogP contribution is 2.36. The maximum atomic E-state index is 13.9. The molecular weight excluding hydrogens is 1600 g/mol. The average Bonchev–Trinajstić information content (AvgIpc) is 0.805. The number of carbonyl (C=O) groups excluding carboxylic acids is 16. The van der Waals surface area contributed by atoms with E-state index in [1.54, 1.807) is 51.1 Å². The van der Waals surface area contributed by atoms with Crippen molar-refractivity contribution in [3.8, 4) is 28.4 Å². The Morgan fingerprint density at radius 2 is 0.579 bits per heavy atom. The van der Waals surface area contributed by atoms with Crippen molar-refractivity contribution < 1.29 is 167 Å². The van der Waals surface area contributed by atoms with Crippen molar-refractivity contribution in [2.75, 3.05) is 78.9 Å². The van der Waals surface area contributed by atoms with E-state index in [0.29, 0.717) is 5.56 Å². The van der Waals surface area contributed by atoms with Gasteiger partial charge in [0.05, 0.1) is 43.7 Å². The van der Waals surface area contributed by atoms with Crippen LogP contribution >= 0.6 is 0 Å². The summed E-state index contributed by atoms with van der Waals surface area (Å²) in [6, 6.07) is 17.4. The van der Waals surface area contributed by atoms with E-state index < -0.39 is 207 Å². The predicted molar refractivity (Wildman–Crippen MR) is 411 cm³/mol. The lowest BCUT2D eigenvalue weighted by atomic mass is 9.99. The first kappa shape index (κ1) is 98.2. The van der Waals surface area contributed by atoms with Gasteiger partial charge in [-0.05, 0) is 87.1 Å². The number of benzene rings is 3. The first-order valence-corrected chi connectivity index (χ1v) is 38.9. The number of rotatable bonds is 46. The van der Waals surface area contributed by atoms with Crippen LogP contribution in [-0.4, -0.2) is 266 Å². The van der Waals surface area contributed by atoms with Crippen LogP contribution < -0.4 is 46.1 Å². The second kappa shape index (κ2) is 50.4. The Hall–Kier alpha value is -11.7. The third-order valence-electron chi connectivity index (χ3n) is 17.4. The third-order valence-corrected chi connectivity index (χ3v) is 17.4. The predicted octanol–water partition coefficient (Wildman–Crippen LogP) is 1.55. The van der Waals surface area contributed by atoms with Gasteiger partial charge in [0.2, 0.25) is 17.7 Å². The minimum atomic E-state index is -1.34. The van der Waals surface area contributed by atoms with Crippen molar-refractivity contribution >= 4 is 95.1 Å². The lowest BCUT2D eigenvalue weighted by Crippen LogP contribution is -2.61. The van der Waals surface area contributed by atoms with Crippen molar-refractivity contribution in [1.29, 1.82) is 0 Å². The topological polar surface area (TPSA) is 521 Å². The smallest absolute Gasteiger partial charge is 0.338 e. The fourth-order valence-corrected chi connectivity index (χ4v) is 12.4. The molecule has 3 fully saturated rings. The summed E-state index contributed by atoms with van der Waals surface area (Å²) < 4.78 is 107. The van der Waals surface area contributed by atoms with Crippen molar-refractivity contribution in [3.63, 3.8) is 0 Å². The van der Waals surface area contributed by atoms with Crippen LogP contribution in [0.1, 0.15) is 138 Å². The Morgan fingerprint density at radius 3 is 0.876 bits per heavy atom. The third kappa shape index (κ3) is 35.3. The molecule has 3 aliphatic rings. The maximum Gasteiger partial charge on any atom is 0.338 e. The second-order valence-electron chi connectivity index (χ2n) is 27.7. The summed E-state index contributed by atoms with van der Waals surface area (Å²) in [6.07, 6.45) is -17.6. The standard InChI is InChI=1S/C80H106N6O35/c1-43-68(113-46(4)87)71(116-49(7)90)74(119-52(10)93)78(110-43)103-30-16-21-62(96)81-24-27-84-65(99)40-106-59-34-56(33-58(37-59)77(102)109-39-55-19-14-13-15-20-55)57-35-60(107-41-66(100)85-28-25-82-63(97)22-17-31-104-79-75(120-53(11)94)72(117-50(8)91)69(44(2)111-79)114-47(5)88)38-61(36-57)108-42-67(101)86-29-26-83-64(98)23-18-32-105-80-76(121-54(12)95)73(118-51(9)92)70(45(3)112-80)115-48(6)89/h13-15,19-20,33-38,43-45,68-76,78-80H,16-18,21-32,39-42H2,1-12H3,(H,81,96)(H,82,97)(H,83,98)(H,84,99)(H,85,100)(H,86,101)/t43-,44-,45-,68-,69-,70-,71+,72+,73+,74+,75+,76+,78+,79+,80+/m0/s1. The Kier molecular flexibility index (Phi) is 40.9. The number of esters is 10. The van der Waals surface area contributed by atoms with Gasteiger partial charge in [0.15, 0.2) is 93.6 Å². The SMILES string of the molecule is CC(=O)O[C@@H]1[C@@H](OC(C)=O)[C@H](C)O[C@@H](OCCCC(=O)NCCNC(=O)COc2cc(OCC(=O)NCCNC(=O)CCCO[C@@H]3O[C@@H](C)[C@H](OC(C)=O)[C@@H](OC(C)=O)[C@H]3OC(C)=O)cc(-c3cc(OCC(=O)NCCNC(=O)CCCO[C@@H]4O[C@@H](C)[C@H](OC(C)=O)[C@@H](OC(C)=O)[C@H]4OC(C)=O)cc(C(=O)OCc4ccccc4)c3)c2)[C@@H]1OC(C)=O. The van der Waals surface area contributed by atoms with Crippen LogP contribution in [0.15, 0.2) is 66.7 Å². The van der Waals surface area contributed by atoms with Crippen LogP contribution in [0, 0.1) is 0 Å². The maximum absolute atomic E-state index is 13.9. The van der Waals surface area contributed by atoms with Gasteiger partial charge in [-0.15, -0.1) is 0 Å². The van der Waals surface area contributed by atoms with E-state index >= 15 is 0 Å². The van der Waals surface area contributed by atoms with Gasteiger partial charge in [-0.1, -0.05) is 30.3 Å². The molecule has 666 valence electrons. The molecule has 3 saturated heterocycles. The molecule has 3 aromatic carbocycles. The number of ether oxygens (including phenoxy) is 19. The molecule has 0 unspecified atom stereocenters. The van der Waals surface area contributed by atoms with Crippen LogP contribution in [0.3, 0.4) is 0 Å². The summed E-state index contributed by atoms with van der Waals surface area (Å²) >= 11 is 0. The van der Waals surface area contributed by atoms with E-state index in [1.807, 2.05) is 0 Å². The number of nitrogens with one attached hydrogen (secondary N) is 6. The summed E-state index contributed by atoms with van der Waals surface area (Å²) in [7, 11) is 0. The van der Waals surface area contributed by atoms with Gasteiger partial charge in [-0.25, -0.2) is 4.79 Å². The molecule has 0 saturated carbocycles. The monoisotopic (exact) mass is 1710 g/mol. The molecule has 0 aliphatic carbocycles. The summed E-state index contributed by atoms with van der Waals surface area (Å²) in [6.45, 7) is 12.2. The first-order chi connectivity index (χ1) is 57.5. The highest BCUT2D eigenvalue weighted by atomic mass is 16.8. The molecule has 41 heteroatoms. The van der Waals surface area contributed by atoms with E-state index in [9.17, 15) is 76.7 Å². The lowest BCUT2D eigenvalue weighted by Gasteiger charge is -2.43. The molecule has 6 N–H and O–H groups in total. The number of amides is 6. The molecular formula is C80H106N6O35. The van der Waals surface area contributed by atoms with Gasteiger partial charge in [-0.3, -0.25) is 71.9 Å². The molecule has 3 aromatic rings. The molecule has 0 bridgehead atoms. The van der Waals surface area contributed by atoms with Crippen molar-refractivity contribution in [2.45, 2.75) is 220 Å². The summed E-state index contributed by atoms with van der Waals surface area (Å²) in [5.41, 5.74) is 1.11. The first-order valence-electron chi connectivity index (χ1n) is 38.9. The van der Waals surface area contributed by atoms with Crippen LogP contribution in [0.4, 0.5) is 0 Å². The van der Waals surface area contributed by atoms with Crippen molar-refractivity contribution in [2.24, 2.45) is 0 Å². The van der Waals surface area contributed by atoms with Gasteiger partial charge < -0.3 is 122 Å². The van der Waals surface area contributed by atoms with Gasteiger partial charge in [0.1, 0.15) is 23.9 Å². The Morgan fingerprint density at radius 1 is 0.314 bits per heavy atom. The highest BCUT2D eigenvalue weighted by Gasteiger charge is 2.54. The van der Waals surface area contributed by atoms with E-state index in [-0.39, 0.29) is 138 Å². The Bertz CT molecular complexity index is 3910. The molecule has 15 atom stereocenters. The number of hydrogen-bond donors (Lipinski definition) is 6. The van der Waals surface area contributed by atoms with Gasteiger partial charge >= 0.3 is 59.7 Å². The molecule has 6 rings (SSSR count). The zero-order valence-electron chi connectivity index (χ0n) is 69.2. The molecule has 121 heavy (non-hydrogen) atoms. The molecule has 0 spiro atoms. The normalized spacial score (nSPS) is 22.1. The highest BCUT2D eigenvalue weighted by molar-refractivity contribution is 5.92. The van der Waals surface area contributed by atoms with Crippen molar-refractivity contribution in [3.05, 3.63) is 77.9 Å². The van der Waals surface area contributed by atoms with Crippen LogP contribution in [0.25, 0.3) is 11.1 Å². The largest absolute Gasteiger partial charge is 0.484 e. The Balaban J connectivity index is 1.08. The zero-order chi connectivity index (χ0) is 88.8. The lowest BCUT2D eigenvalue weighted by molar-refractivity contribution is -0.300. The summed E-state index contributed by atoms with van der Waals surface area (Å²) in [4.78, 5) is 201. The fourth-order valence-electron chi connectivity index (χ4n) is 12.4. The van der Waals surface area contributed by atoms with E-state index in [2.05, 4.69) is 31.9 Å². The minimum absolute atomic E-state index is 0.000781. The molecule has 0 radical (unpaired) electrons. The second-order valence-corrected chi connectivity index (χ2v) is 27.7. The summed E-state index contributed by atoms with van der Waals surface area (Å²) in [5, 5.41) is 15.9. The van der Waals surface area contributed by atoms with Gasteiger partial charge in [0, 0.05) is 127 Å². The molecule has 6 amide bonds. The summed E-state index contributed by atoms with van der Waals surface area (Å²) in [5.74, 6) is -10.7. The molecule has 41 nitrogen and oxygen atoms in total.